The van der Waals surface area contributed by atoms with Crippen LogP contribution < -0.4 is 4.74 Å². The van der Waals surface area contributed by atoms with Gasteiger partial charge in [0.25, 0.3) is 5.89 Å². The minimum Gasteiger partial charge on any atom is -0.497 e. The van der Waals surface area contributed by atoms with Crippen LogP contribution in [0.5, 0.6) is 5.75 Å². The maximum absolute atomic E-state index is 12.9. The van der Waals surface area contributed by atoms with Gasteiger partial charge in [-0.25, -0.2) is 4.39 Å². The van der Waals surface area contributed by atoms with Gasteiger partial charge in [-0.05, 0) is 54.1 Å². The number of nitrogens with zero attached hydrogens (tertiary/aromatic N) is 3. The fourth-order valence-corrected chi connectivity index (χ4v) is 1.90. The molecule has 1 aromatic heterocycles. The molecule has 0 spiro atoms. The maximum atomic E-state index is 12.9. The molecule has 7 heteroatoms. The Balaban J connectivity index is 1.55. The highest BCUT2D eigenvalue weighted by atomic mass is 19.1. The van der Waals surface area contributed by atoms with Crippen LogP contribution in [0.15, 0.2) is 58.1 Å². The van der Waals surface area contributed by atoms with Gasteiger partial charge in [-0.15, -0.1) is 10.2 Å². The first-order valence-corrected chi connectivity index (χ1v) is 7.12. The normalized spacial score (nSPS) is 10.9. The lowest BCUT2D eigenvalue weighted by Gasteiger charge is -1.98. The predicted octanol–water partition coefficient (Wildman–Crippen LogP) is 3.44. The molecule has 0 N–H and O–H groups in total. The smallest absolute Gasteiger partial charge is 0.257 e. The number of benzene rings is 2. The Bertz CT molecular complexity index is 814. The molecule has 0 saturated carbocycles. The molecule has 6 nitrogen and oxygen atoms in total. The second-order valence-corrected chi connectivity index (χ2v) is 4.79. The number of oxime groups is 1. The summed E-state index contributed by atoms with van der Waals surface area (Å²) in [6, 6.07) is 13.1. The summed E-state index contributed by atoms with van der Waals surface area (Å²) in [4.78, 5) is 5.13. The van der Waals surface area contributed by atoms with Crippen LogP contribution in [0.4, 0.5) is 4.39 Å². The minimum atomic E-state index is -0.324. The highest BCUT2D eigenvalue weighted by Gasteiger charge is 2.08. The summed E-state index contributed by atoms with van der Waals surface area (Å²) >= 11 is 0. The first-order valence-electron chi connectivity index (χ1n) is 7.12. The van der Waals surface area contributed by atoms with Gasteiger partial charge in [-0.1, -0.05) is 5.16 Å². The van der Waals surface area contributed by atoms with Crippen molar-refractivity contribution >= 4 is 6.21 Å². The van der Waals surface area contributed by atoms with E-state index in [0.717, 1.165) is 11.3 Å². The summed E-state index contributed by atoms with van der Waals surface area (Å²) in [7, 11) is 1.61. The van der Waals surface area contributed by atoms with Crippen LogP contribution in [-0.4, -0.2) is 23.5 Å². The monoisotopic (exact) mass is 327 g/mol. The highest BCUT2D eigenvalue weighted by molar-refractivity contribution is 5.79. The molecule has 2 aromatic carbocycles. The quantitative estimate of drug-likeness (QED) is 0.512. The van der Waals surface area contributed by atoms with E-state index in [1.807, 2.05) is 24.3 Å². The van der Waals surface area contributed by atoms with E-state index in [1.54, 1.807) is 25.5 Å². The molecule has 1 heterocycles. The Hall–Kier alpha value is -3.22. The van der Waals surface area contributed by atoms with Gasteiger partial charge >= 0.3 is 0 Å². The topological polar surface area (TPSA) is 69.7 Å². The first-order chi connectivity index (χ1) is 11.7. The molecule has 0 radical (unpaired) electrons. The van der Waals surface area contributed by atoms with Gasteiger partial charge in [0.15, 0.2) is 6.61 Å². The Morgan fingerprint density at radius 1 is 1.08 bits per heavy atom. The lowest BCUT2D eigenvalue weighted by Crippen LogP contribution is -1.89. The van der Waals surface area contributed by atoms with E-state index in [2.05, 4.69) is 15.4 Å². The Morgan fingerprint density at radius 2 is 1.83 bits per heavy atom. The van der Waals surface area contributed by atoms with Crippen molar-refractivity contribution in [2.24, 2.45) is 5.16 Å². The number of hydrogen-bond donors (Lipinski definition) is 0. The molecule has 24 heavy (non-hydrogen) atoms. The van der Waals surface area contributed by atoms with Crippen LogP contribution in [-0.2, 0) is 11.4 Å². The molecule has 0 amide bonds. The average molecular weight is 327 g/mol. The predicted molar refractivity (Wildman–Crippen MR) is 85.1 cm³/mol. The van der Waals surface area contributed by atoms with E-state index in [9.17, 15) is 4.39 Å². The summed E-state index contributed by atoms with van der Waals surface area (Å²) in [5, 5.41) is 11.6. The third-order valence-electron chi connectivity index (χ3n) is 3.14. The zero-order chi connectivity index (χ0) is 16.8. The molecule has 0 bridgehead atoms. The molecule has 3 rings (SSSR count). The molecule has 0 fully saturated rings. The van der Waals surface area contributed by atoms with Crippen molar-refractivity contribution in [2.75, 3.05) is 7.11 Å². The Kier molecular flexibility index (Phi) is 4.81. The first kappa shape index (κ1) is 15.7. The fourth-order valence-electron chi connectivity index (χ4n) is 1.90. The molecule has 0 aliphatic rings. The standard InChI is InChI=1S/C17H14FN3O3/c1-22-15-8-2-12(3-9-15)10-19-23-11-16-20-21-17(24-16)13-4-6-14(18)7-5-13/h2-10H,11H2,1H3. The molecule has 0 aliphatic carbocycles. The summed E-state index contributed by atoms with van der Waals surface area (Å²) in [5.74, 6) is 1.02. The zero-order valence-electron chi connectivity index (χ0n) is 12.8. The summed E-state index contributed by atoms with van der Waals surface area (Å²) in [5.41, 5.74) is 1.50. The van der Waals surface area contributed by atoms with Crippen molar-refractivity contribution < 1.29 is 18.4 Å². The second kappa shape index (κ2) is 7.36. The molecular formula is C17H14FN3O3. The zero-order valence-corrected chi connectivity index (χ0v) is 12.8. The molecule has 0 unspecified atom stereocenters. The fraction of sp³-hybridized carbons (Fsp3) is 0.118. The summed E-state index contributed by atoms with van der Waals surface area (Å²) < 4.78 is 23.4. The van der Waals surface area contributed by atoms with E-state index < -0.39 is 0 Å². The average Bonchev–Trinajstić information content (AvgIpc) is 3.09. The number of aromatic nitrogens is 2. The van der Waals surface area contributed by atoms with Crippen LogP contribution in [0.1, 0.15) is 11.5 Å². The second-order valence-electron chi connectivity index (χ2n) is 4.79. The SMILES string of the molecule is COc1ccc(C=NOCc2nnc(-c3ccc(F)cc3)o2)cc1. The van der Waals surface area contributed by atoms with Crippen LogP contribution in [0.2, 0.25) is 0 Å². The molecule has 0 atom stereocenters. The molecule has 0 saturated heterocycles. The van der Waals surface area contributed by atoms with Gasteiger partial charge in [-0.3, -0.25) is 0 Å². The van der Waals surface area contributed by atoms with Crippen molar-refractivity contribution in [1.82, 2.24) is 10.2 Å². The Morgan fingerprint density at radius 3 is 2.54 bits per heavy atom. The van der Waals surface area contributed by atoms with Crippen molar-refractivity contribution in [3.8, 4) is 17.2 Å². The van der Waals surface area contributed by atoms with E-state index in [0.29, 0.717) is 11.5 Å². The van der Waals surface area contributed by atoms with Crippen LogP contribution in [0.3, 0.4) is 0 Å². The number of methoxy groups -OCH3 is 1. The van der Waals surface area contributed by atoms with Gasteiger partial charge in [0.05, 0.1) is 13.3 Å². The minimum absolute atomic E-state index is 0.0425. The maximum Gasteiger partial charge on any atom is 0.257 e. The number of rotatable bonds is 6. The molecular weight excluding hydrogens is 313 g/mol. The van der Waals surface area contributed by atoms with Crippen molar-refractivity contribution in [3.05, 3.63) is 65.8 Å². The number of halogens is 1. The van der Waals surface area contributed by atoms with Crippen LogP contribution in [0, 0.1) is 5.82 Å². The van der Waals surface area contributed by atoms with E-state index in [-0.39, 0.29) is 18.3 Å². The van der Waals surface area contributed by atoms with Crippen molar-refractivity contribution in [3.63, 3.8) is 0 Å². The van der Waals surface area contributed by atoms with Crippen molar-refractivity contribution in [2.45, 2.75) is 6.61 Å². The van der Waals surface area contributed by atoms with Gasteiger partial charge in [0.2, 0.25) is 5.89 Å². The number of hydrogen-bond acceptors (Lipinski definition) is 6. The summed E-state index contributed by atoms with van der Waals surface area (Å²) in [6.07, 6.45) is 1.57. The van der Waals surface area contributed by atoms with Crippen LogP contribution in [0.25, 0.3) is 11.5 Å². The Labute approximate surface area is 137 Å². The van der Waals surface area contributed by atoms with Gasteiger partial charge < -0.3 is 14.0 Å². The van der Waals surface area contributed by atoms with E-state index in [1.165, 1.54) is 12.1 Å². The molecule has 0 aliphatic heterocycles. The summed E-state index contributed by atoms with van der Waals surface area (Å²) in [6.45, 7) is 0.0425. The van der Waals surface area contributed by atoms with Crippen LogP contribution >= 0.6 is 0 Å². The molecule has 122 valence electrons. The third kappa shape index (κ3) is 3.95. The largest absolute Gasteiger partial charge is 0.497 e. The highest BCUT2D eigenvalue weighted by Crippen LogP contribution is 2.18. The lowest BCUT2D eigenvalue weighted by molar-refractivity contribution is 0.112. The van der Waals surface area contributed by atoms with Gasteiger partial charge in [0, 0.05) is 5.56 Å². The van der Waals surface area contributed by atoms with Crippen molar-refractivity contribution in [1.29, 1.82) is 0 Å². The van der Waals surface area contributed by atoms with E-state index >= 15 is 0 Å². The van der Waals surface area contributed by atoms with Gasteiger partial charge in [0.1, 0.15) is 11.6 Å². The number of ether oxygens (including phenoxy) is 1. The lowest BCUT2D eigenvalue weighted by atomic mass is 10.2. The van der Waals surface area contributed by atoms with E-state index in [4.69, 9.17) is 14.0 Å². The van der Waals surface area contributed by atoms with Gasteiger partial charge in [-0.2, -0.15) is 0 Å². The molecule has 3 aromatic rings. The third-order valence-corrected chi connectivity index (χ3v) is 3.14.